The Morgan fingerprint density at radius 2 is 2.04 bits per heavy atom. The molecule has 2 rings (SSSR count). The first-order valence-corrected chi connectivity index (χ1v) is 8.05. The van der Waals surface area contributed by atoms with Crippen molar-refractivity contribution < 1.29 is 14.3 Å². The Balaban J connectivity index is 1.83. The third kappa shape index (κ3) is 5.82. The summed E-state index contributed by atoms with van der Waals surface area (Å²) in [5.74, 6) is 0.622. The summed E-state index contributed by atoms with van der Waals surface area (Å²) in [5.41, 5.74) is 5.85. The van der Waals surface area contributed by atoms with Gasteiger partial charge in [0.1, 0.15) is 12.4 Å². The second-order valence-corrected chi connectivity index (χ2v) is 6.31. The van der Waals surface area contributed by atoms with Crippen molar-refractivity contribution in [2.75, 3.05) is 39.5 Å². The zero-order valence-electron chi connectivity index (χ0n) is 14.0. The van der Waals surface area contributed by atoms with Gasteiger partial charge in [0.15, 0.2) is 0 Å². The summed E-state index contributed by atoms with van der Waals surface area (Å²) in [6, 6.07) is 7.74. The predicted octanol–water partition coefficient (Wildman–Crippen LogP) is 0.751. The molecule has 1 aromatic carbocycles. The molecular weight excluding hydrogens is 294 g/mol. The number of amides is 1. The van der Waals surface area contributed by atoms with Crippen molar-refractivity contribution in [1.82, 2.24) is 10.2 Å². The van der Waals surface area contributed by atoms with Crippen LogP contribution >= 0.6 is 0 Å². The highest BCUT2D eigenvalue weighted by Gasteiger charge is 2.21. The van der Waals surface area contributed by atoms with E-state index in [0.29, 0.717) is 13.2 Å². The number of nitrogens with two attached hydrogens (primary N) is 1. The van der Waals surface area contributed by atoms with Gasteiger partial charge >= 0.3 is 0 Å². The Hall–Kier alpha value is -1.63. The van der Waals surface area contributed by atoms with Crippen molar-refractivity contribution >= 4 is 5.91 Å². The summed E-state index contributed by atoms with van der Waals surface area (Å²) in [7, 11) is 0. The molecule has 0 unspecified atom stereocenters. The zero-order valence-corrected chi connectivity index (χ0v) is 14.0. The Kier molecular flexibility index (Phi) is 6.38. The lowest BCUT2D eigenvalue weighted by atomic mass is 10.1. The van der Waals surface area contributed by atoms with Crippen molar-refractivity contribution in [3.8, 4) is 5.75 Å². The van der Waals surface area contributed by atoms with Gasteiger partial charge in [0, 0.05) is 31.7 Å². The van der Waals surface area contributed by atoms with Gasteiger partial charge in [-0.05, 0) is 19.9 Å². The van der Waals surface area contributed by atoms with Crippen molar-refractivity contribution in [1.29, 1.82) is 0 Å². The molecule has 0 atom stereocenters. The molecule has 6 heteroatoms. The molecule has 0 aliphatic carbocycles. The number of morpholine rings is 1. The molecule has 1 aliphatic rings. The van der Waals surface area contributed by atoms with Crippen molar-refractivity contribution in [3.05, 3.63) is 29.8 Å². The SMILES string of the molecule is CC(C)(N)C(=O)NCc1ccccc1OCCN1CCOCC1. The van der Waals surface area contributed by atoms with Gasteiger partial charge in [0.2, 0.25) is 5.91 Å². The molecule has 1 aliphatic heterocycles. The van der Waals surface area contributed by atoms with Gasteiger partial charge in [-0.1, -0.05) is 18.2 Å². The normalized spacial score (nSPS) is 16.1. The van der Waals surface area contributed by atoms with Gasteiger partial charge in [0.05, 0.1) is 18.8 Å². The fraction of sp³-hybridized carbons (Fsp3) is 0.588. The molecule has 1 amide bonds. The molecule has 128 valence electrons. The first kappa shape index (κ1) is 17.7. The summed E-state index contributed by atoms with van der Waals surface area (Å²) in [6.45, 7) is 8.76. The van der Waals surface area contributed by atoms with E-state index >= 15 is 0 Å². The van der Waals surface area contributed by atoms with Gasteiger partial charge in [-0.15, -0.1) is 0 Å². The second-order valence-electron chi connectivity index (χ2n) is 6.31. The Morgan fingerprint density at radius 3 is 2.74 bits per heavy atom. The van der Waals surface area contributed by atoms with Gasteiger partial charge in [0.25, 0.3) is 0 Å². The summed E-state index contributed by atoms with van der Waals surface area (Å²) >= 11 is 0. The van der Waals surface area contributed by atoms with Gasteiger partial charge in [-0.2, -0.15) is 0 Å². The van der Waals surface area contributed by atoms with Gasteiger partial charge < -0.3 is 20.5 Å². The highest BCUT2D eigenvalue weighted by Crippen LogP contribution is 2.18. The minimum Gasteiger partial charge on any atom is -0.492 e. The smallest absolute Gasteiger partial charge is 0.239 e. The van der Waals surface area contributed by atoms with E-state index in [4.69, 9.17) is 15.2 Å². The Morgan fingerprint density at radius 1 is 1.35 bits per heavy atom. The molecule has 0 spiro atoms. The van der Waals surface area contributed by atoms with Crippen LogP contribution in [0, 0.1) is 0 Å². The highest BCUT2D eigenvalue weighted by atomic mass is 16.5. The predicted molar refractivity (Wildman–Crippen MR) is 89.3 cm³/mol. The van der Waals surface area contributed by atoms with E-state index in [0.717, 1.165) is 44.2 Å². The number of rotatable bonds is 7. The maximum atomic E-state index is 11.9. The van der Waals surface area contributed by atoms with Crippen LogP contribution in [0.3, 0.4) is 0 Å². The fourth-order valence-corrected chi connectivity index (χ4v) is 2.30. The second kappa shape index (κ2) is 8.29. The van der Waals surface area contributed by atoms with Crippen molar-refractivity contribution in [3.63, 3.8) is 0 Å². The molecule has 0 radical (unpaired) electrons. The van der Waals surface area contributed by atoms with E-state index in [1.165, 1.54) is 0 Å². The van der Waals surface area contributed by atoms with Crippen LogP contribution < -0.4 is 15.8 Å². The van der Waals surface area contributed by atoms with Crippen LogP contribution in [0.1, 0.15) is 19.4 Å². The third-order valence-electron chi connectivity index (χ3n) is 3.77. The topological polar surface area (TPSA) is 76.8 Å². The molecule has 1 fully saturated rings. The molecule has 3 N–H and O–H groups in total. The van der Waals surface area contributed by atoms with Crippen molar-refractivity contribution in [2.24, 2.45) is 5.73 Å². The Labute approximate surface area is 137 Å². The number of para-hydroxylation sites is 1. The number of carbonyl (C=O) groups is 1. The number of carbonyl (C=O) groups excluding carboxylic acids is 1. The third-order valence-corrected chi connectivity index (χ3v) is 3.77. The lowest BCUT2D eigenvalue weighted by molar-refractivity contribution is -0.125. The van der Waals surface area contributed by atoms with Crippen LogP contribution in [-0.2, 0) is 16.1 Å². The maximum absolute atomic E-state index is 11.9. The highest BCUT2D eigenvalue weighted by molar-refractivity contribution is 5.85. The van der Waals surface area contributed by atoms with E-state index in [1.807, 2.05) is 24.3 Å². The average Bonchev–Trinajstić information content (AvgIpc) is 2.53. The zero-order chi connectivity index (χ0) is 16.7. The molecule has 1 heterocycles. The first-order valence-electron chi connectivity index (χ1n) is 8.05. The lowest BCUT2D eigenvalue weighted by Crippen LogP contribution is -2.48. The molecule has 0 aromatic heterocycles. The van der Waals surface area contributed by atoms with Gasteiger partial charge in [-0.3, -0.25) is 9.69 Å². The number of hydrogen-bond acceptors (Lipinski definition) is 5. The Bertz CT molecular complexity index is 508. The van der Waals surface area contributed by atoms with Crippen LogP contribution in [-0.4, -0.2) is 55.8 Å². The number of nitrogens with zero attached hydrogens (tertiary/aromatic N) is 1. The minimum atomic E-state index is -0.883. The molecular formula is C17H27N3O3. The molecule has 6 nitrogen and oxygen atoms in total. The summed E-state index contributed by atoms with van der Waals surface area (Å²) in [5, 5.41) is 2.85. The number of nitrogens with one attached hydrogen (secondary N) is 1. The summed E-state index contributed by atoms with van der Waals surface area (Å²) in [6.07, 6.45) is 0. The summed E-state index contributed by atoms with van der Waals surface area (Å²) in [4.78, 5) is 14.2. The summed E-state index contributed by atoms with van der Waals surface area (Å²) < 4.78 is 11.2. The van der Waals surface area contributed by atoms with Crippen LogP contribution in [0.5, 0.6) is 5.75 Å². The van der Waals surface area contributed by atoms with Crippen LogP contribution in [0.4, 0.5) is 0 Å². The van der Waals surface area contributed by atoms with E-state index < -0.39 is 5.54 Å². The molecule has 23 heavy (non-hydrogen) atoms. The monoisotopic (exact) mass is 321 g/mol. The fourth-order valence-electron chi connectivity index (χ4n) is 2.30. The molecule has 0 saturated carbocycles. The van der Waals surface area contributed by atoms with Crippen molar-refractivity contribution in [2.45, 2.75) is 25.9 Å². The average molecular weight is 321 g/mol. The van der Waals surface area contributed by atoms with Crippen LogP contribution in [0.2, 0.25) is 0 Å². The number of hydrogen-bond donors (Lipinski definition) is 2. The first-order chi connectivity index (χ1) is 11.0. The minimum absolute atomic E-state index is 0.180. The molecule has 1 saturated heterocycles. The van der Waals surface area contributed by atoms with E-state index in [9.17, 15) is 4.79 Å². The van der Waals surface area contributed by atoms with Gasteiger partial charge in [-0.25, -0.2) is 0 Å². The molecule has 0 bridgehead atoms. The quantitative estimate of drug-likeness (QED) is 0.775. The van der Waals surface area contributed by atoms with E-state index in [2.05, 4.69) is 10.2 Å². The van der Waals surface area contributed by atoms with E-state index in [-0.39, 0.29) is 5.91 Å². The van der Waals surface area contributed by atoms with Crippen LogP contribution in [0.15, 0.2) is 24.3 Å². The van der Waals surface area contributed by atoms with Crippen LogP contribution in [0.25, 0.3) is 0 Å². The molecule has 1 aromatic rings. The lowest BCUT2D eigenvalue weighted by Gasteiger charge is -2.26. The standard InChI is InChI=1S/C17H27N3O3/c1-17(2,18)16(21)19-13-14-5-3-4-6-15(14)23-12-9-20-7-10-22-11-8-20/h3-6H,7-13,18H2,1-2H3,(H,19,21). The van der Waals surface area contributed by atoms with E-state index in [1.54, 1.807) is 13.8 Å². The maximum Gasteiger partial charge on any atom is 0.239 e. The number of ether oxygens (including phenoxy) is 2. The largest absolute Gasteiger partial charge is 0.492 e. The number of benzene rings is 1.